The highest BCUT2D eigenvalue weighted by molar-refractivity contribution is 6.31. The van der Waals surface area contributed by atoms with E-state index < -0.39 is 23.1 Å². The molecule has 0 saturated carbocycles. The van der Waals surface area contributed by atoms with Gasteiger partial charge in [-0.25, -0.2) is 18.6 Å². The molecular formula is C28H32ClF2N5O4. The molecule has 2 aromatic carbocycles. The molecule has 0 aliphatic rings. The molecule has 5 N–H and O–H groups in total. The lowest BCUT2D eigenvalue weighted by Crippen LogP contribution is -2.40. The maximum absolute atomic E-state index is 13.8. The summed E-state index contributed by atoms with van der Waals surface area (Å²) in [5.74, 6) is -1.39. The number of fused-ring (bicyclic) bond motifs is 1. The Balaban J connectivity index is 1.58. The number of ether oxygens (including phenoxy) is 1. The molecule has 40 heavy (non-hydrogen) atoms. The average molecular weight is 576 g/mol. The number of aromatic nitrogens is 1. The number of unbranched alkanes of at least 4 members (excludes halogenated alkanes) is 1. The summed E-state index contributed by atoms with van der Waals surface area (Å²) in [6.45, 7) is 1.99. The first kappa shape index (κ1) is 30.7. The summed E-state index contributed by atoms with van der Waals surface area (Å²) >= 11 is 6.01. The lowest BCUT2D eigenvalue weighted by atomic mass is 9.80. The van der Waals surface area contributed by atoms with E-state index in [0.717, 1.165) is 0 Å². The van der Waals surface area contributed by atoms with E-state index in [-0.39, 0.29) is 48.8 Å². The molecule has 0 fully saturated rings. The summed E-state index contributed by atoms with van der Waals surface area (Å²) in [4.78, 5) is 41.1. The highest BCUT2D eigenvalue weighted by Gasteiger charge is 2.33. The molecule has 3 rings (SSSR count). The average Bonchev–Trinajstić information content (AvgIpc) is 2.93. The van der Waals surface area contributed by atoms with Crippen molar-refractivity contribution in [3.8, 4) is 0 Å². The molecule has 1 unspecified atom stereocenters. The number of pyridine rings is 1. The number of hydrogen-bond donors (Lipinski definition) is 4. The van der Waals surface area contributed by atoms with Crippen LogP contribution in [0.1, 0.15) is 38.2 Å². The third-order valence-electron chi connectivity index (χ3n) is 6.48. The Morgan fingerprint density at radius 3 is 2.62 bits per heavy atom. The van der Waals surface area contributed by atoms with E-state index in [1.807, 2.05) is 0 Å². The van der Waals surface area contributed by atoms with Crippen LogP contribution in [0.4, 0.5) is 19.4 Å². The Morgan fingerprint density at radius 2 is 1.85 bits per heavy atom. The Bertz CT molecular complexity index is 1360. The van der Waals surface area contributed by atoms with Crippen molar-refractivity contribution in [2.45, 2.75) is 39.2 Å². The number of amides is 3. The van der Waals surface area contributed by atoms with Gasteiger partial charge in [0.2, 0.25) is 11.8 Å². The monoisotopic (exact) mass is 575 g/mol. The Morgan fingerprint density at radius 1 is 1.05 bits per heavy atom. The van der Waals surface area contributed by atoms with Gasteiger partial charge in [-0.05, 0) is 60.5 Å². The number of nitrogens with zero attached hydrogens (tertiary/aromatic N) is 1. The summed E-state index contributed by atoms with van der Waals surface area (Å²) in [7, 11) is 0. The second-order valence-electron chi connectivity index (χ2n) is 9.54. The molecule has 0 radical (unpaired) electrons. The number of rotatable bonds is 13. The number of nitrogens with one attached hydrogen (secondary N) is 3. The number of carbonyl (C=O) groups excluding carboxylic acids is 3. The van der Waals surface area contributed by atoms with Crippen LogP contribution < -0.4 is 21.7 Å². The van der Waals surface area contributed by atoms with E-state index in [4.69, 9.17) is 22.1 Å². The zero-order chi connectivity index (χ0) is 29.1. The third kappa shape index (κ3) is 8.85. The van der Waals surface area contributed by atoms with E-state index in [2.05, 4.69) is 20.9 Å². The molecular weight excluding hydrogens is 544 g/mol. The van der Waals surface area contributed by atoms with Gasteiger partial charge < -0.3 is 21.1 Å². The van der Waals surface area contributed by atoms with Crippen LogP contribution in [0.25, 0.3) is 10.8 Å². The van der Waals surface area contributed by atoms with Gasteiger partial charge in [-0.2, -0.15) is 0 Å². The second kappa shape index (κ2) is 14.5. The van der Waals surface area contributed by atoms with Gasteiger partial charge >= 0.3 is 6.09 Å². The number of halogens is 3. The fourth-order valence-corrected chi connectivity index (χ4v) is 4.25. The Labute approximate surface area is 235 Å². The molecule has 214 valence electrons. The van der Waals surface area contributed by atoms with Crippen LogP contribution in [-0.4, -0.2) is 42.6 Å². The molecule has 9 nitrogen and oxygen atoms in total. The van der Waals surface area contributed by atoms with Crippen molar-refractivity contribution in [1.29, 1.82) is 0 Å². The highest BCUT2D eigenvalue weighted by Crippen LogP contribution is 2.30. The summed E-state index contributed by atoms with van der Waals surface area (Å²) < 4.78 is 32.6. The van der Waals surface area contributed by atoms with Crippen molar-refractivity contribution in [2.24, 2.45) is 11.1 Å². The SMILES string of the molecule is CC(CCCCNC(=O)CN)(CCOC(=O)Nc1cc2cc(F)ccc2cn1)C(=O)NCc1cccc(F)c1Cl. The standard InChI is InChI=1S/C28H32ClF2N5O4/c1-28(9-2-3-11-33-24(37)15-32,26(38)35-17-19-5-4-6-22(31)25(19)29)10-12-40-27(39)36-23-14-20-13-21(30)8-7-18(20)16-34-23/h4-8,13-14,16H,2-3,9-12,15,17,32H2,1H3,(H,33,37)(H,35,38)(H,34,36,39). The Hall–Kier alpha value is -3.83. The molecule has 0 spiro atoms. The van der Waals surface area contributed by atoms with Crippen molar-refractivity contribution in [3.05, 3.63) is 70.9 Å². The molecule has 0 bridgehead atoms. The summed E-state index contributed by atoms with van der Waals surface area (Å²) in [5.41, 5.74) is 4.77. The van der Waals surface area contributed by atoms with Gasteiger partial charge in [0.1, 0.15) is 17.5 Å². The maximum Gasteiger partial charge on any atom is 0.412 e. The normalized spacial score (nSPS) is 12.4. The van der Waals surface area contributed by atoms with Crippen molar-refractivity contribution >= 4 is 46.1 Å². The lowest BCUT2D eigenvalue weighted by molar-refractivity contribution is -0.131. The smallest absolute Gasteiger partial charge is 0.412 e. The molecule has 3 aromatic rings. The lowest BCUT2D eigenvalue weighted by Gasteiger charge is -2.28. The molecule has 3 amide bonds. The number of hydrogen-bond acceptors (Lipinski definition) is 6. The van der Waals surface area contributed by atoms with Gasteiger partial charge in [-0.15, -0.1) is 0 Å². The number of nitrogens with two attached hydrogens (primary N) is 1. The minimum atomic E-state index is -0.948. The minimum absolute atomic E-state index is 0.0210. The van der Waals surface area contributed by atoms with Crippen LogP contribution in [0.5, 0.6) is 0 Å². The van der Waals surface area contributed by atoms with Crippen LogP contribution in [0.2, 0.25) is 5.02 Å². The topological polar surface area (TPSA) is 135 Å². The maximum atomic E-state index is 13.8. The number of anilines is 1. The van der Waals surface area contributed by atoms with Gasteiger partial charge in [-0.3, -0.25) is 14.9 Å². The Kier molecular flexibility index (Phi) is 11.2. The van der Waals surface area contributed by atoms with E-state index in [0.29, 0.717) is 42.1 Å². The summed E-state index contributed by atoms with van der Waals surface area (Å²) in [5, 5.41) is 9.20. The zero-order valence-corrected chi connectivity index (χ0v) is 22.8. The van der Waals surface area contributed by atoms with Crippen LogP contribution >= 0.6 is 11.6 Å². The summed E-state index contributed by atoms with van der Waals surface area (Å²) in [6.07, 6.45) is 2.55. The fourth-order valence-electron chi connectivity index (χ4n) is 4.06. The second-order valence-corrected chi connectivity index (χ2v) is 9.92. The molecule has 0 saturated heterocycles. The van der Waals surface area contributed by atoms with E-state index in [1.54, 1.807) is 19.1 Å². The predicted molar refractivity (Wildman–Crippen MR) is 149 cm³/mol. The zero-order valence-electron chi connectivity index (χ0n) is 22.1. The van der Waals surface area contributed by atoms with Crippen molar-refractivity contribution in [2.75, 3.05) is 25.0 Å². The first-order chi connectivity index (χ1) is 19.1. The van der Waals surface area contributed by atoms with Crippen molar-refractivity contribution in [3.63, 3.8) is 0 Å². The van der Waals surface area contributed by atoms with Crippen molar-refractivity contribution < 1.29 is 27.9 Å². The molecule has 1 atom stereocenters. The van der Waals surface area contributed by atoms with Gasteiger partial charge in [0.05, 0.1) is 18.2 Å². The highest BCUT2D eigenvalue weighted by atomic mass is 35.5. The molecule has 1 heterocycles. The van der Waals surface area contributed by atoms with Gasteiger partial charge in [-0.1, -0.05) is 37.1 Å². The molecule has 1 aromatic heterocycles. The largest absolute Gasteiger partial charge is 0.449 e. The first-order valence-electron chi connectivity index (χ1n) is 12.8. The molecule has 12 heteroatoms. The van der Waals surface area contributed by atoms with Crippen LogP contribution in [-0.2, 0) is 20.9 Å². The number of benzene rings is 2. The molecule has 0 aliphatic heterocycles. The van der Waals surface area contributed by atoms with Gasteiger partial charge in [0.25, 0.3) is 0 Å². The number of carbonyl (C=O) groups is 3. The first-order valence-corrected chi connectivity index (χ1v) is 13.2. The van der Waals surface area contributed by atoms with Crippen LogP contribution in [0, 0.1) is 17.0 Å². The fraction of sp³-hybridized carbons (Fsp3) is 0.357. The van der Waals surface area contributed by atoms with E-state index >= 15 is 0 Å². The van der Waals surface area contributed by atoms with E-state index in [1.165, 1.54) is 36.5 Å². The summed E-state index contributed by atoms with van der Waals surface area (Å²) in [6, 6.07) is 10.1. The van der Waals surface area contributed by atoms with E-state index in [9.17, 15) is 23.2 Å². The molecule has 0 aliphatic carbocycles. The van der Waals surface area contributed by atoms with Gasteiger partial charge in [0.15, 0.2) is 0 Å². The predicted octanol–water partition coefficient (Wildman–Crippen LogP) is 4.67. The van der Waals surface area contributed by atoms with Gasteiger partial charge in [0, 0.05) is 30.1 Å². The quantitative estimate of drug-likeness (QED) is 0.219. The third-order valence-corrected chi connectivity index (χ3v) is 6.91. The van der Waals surface area contributed by atoms with Crippen molar-refractivity contribution in [1.82, 2.24) is 15.6 Å². The van der Waals surface area contributed by atoms with Crippen LogP contribution in [0.15, 0.2) is 48.7 Å². The minimum Gasteiger partial charge on any atom is -0.449 e. The van der Waals surface area contributed by atoms with Crippen LogP contribution in [0.3, 0.4) is 0 Å².